The molecular formula is C25H48NO7+. The van der Waals surface area contributed by atoms with E-state index in [2.05, 4.69) is 0 Å². The Labute approximate surface area is 200 Å². The number of unbranched alkanes of at least 4 members (excludes halogenated alkanes) is 2. The average Bonchev–Trinajstić information content (AvgIpc) is 2.63. The van der Waals surface area contributed by atoms with E-state index in [0.717, 1.165) is 32.1 Å². The third-order valence-corrected chi connectivity index (χ3v) is 5.73. The fraction of sp³-hybridized carbons (Fsp3) is 0.880. The molecule has 0 fully saturated rings. The SMILES string of the molecule is CCOC(=O)C(C)(C)CCCCOCCCCC(C)(C)C(=O)[C@@](O)(CC(=O)O)C[N+](C)(C)C. The van der Waals surface area contributed by atoms with Gasteiger partial charge >= 0.3 is 11.9 Å². The number of rotatable bonds is 18. The largest absolute Gasteiger partial charge is 0.481 e. The minimum Gasteiger partial charge on any atom is -0.481 e. The normalized spacial score (nSPS) is 14.6. The Morgan fingerprint density at radius 3 is 1.76 bits per heavy atom. The highest BCUT2D eigenvalue weighted by atomic mass is 16.5. The molecule has 0 bridgehead atoms. The maximum Gasteiger partial charge on any atom is 0.311 e. The lowest BCUT2D eigenvalue weighted by atomic mass is 9.74. The van der Waals surface area contributed by atoms with Crippen molar-refractivity contribution in [2.24, 2.45) is 10.8 Å². The van der Waals surface area contributed by atoms with Gasteiger partial charge in [-0.05, 0) is 46.5 Å². The minimum absolute atomic E-state index is 0.0393. The van der Waals surface area contributed by atoms with Gasteiger partial charge in [0.15, 0.2) is 11.4 Å². The number of aliphatic hydroxyl groups is 1. The molecular weight excluding hydrogens is 426 g/mol. The number of aliphatic carboxylic acids is 1. The van der Waals surface area contributed by atoms with Crippen LogP contribution in [0.25, 0.3) is 0 Å². The summed E-state index contributed by atoms with van der Waals surface area (Å²) < 4.78 is 11.1. The maximum atomic E-state index is 13.1. The van der Waals surface area contributed by atoms with E-state index in [0.29, 0.717) is 26.2 Å². The second kappa shape index (κ2) is 13.4. The van der Waals surface area contributed by atoms with Crippen molar-refractivity contribution in [1.82, 2.24) is 0 Å². The van der Waals surface area contributed by atoms with Gasteiger partial charge in [-0.1, -0.05) is 26.7 Å². The first-order valence-corrected chi connectivity index (χ1v) is 12.0. The molecule has 0 heterocycles. The summed E-state index contributed by atoms with van der Waals surface area (Å²) in [6.45, 7) is 10.8. The van der Waals surface area contributed by atoms with E-state index in [-0.39, 0.29) is 17.0 Å². The number of Topliss-reactive ketones (excluding diaryl/α,β-unsaturated/α-hetero) is 1. The summed E-state index contributed by atoms with van der Waals surface area (Å²) in [7, 11) is 5.47. The van der Waals surface area contributed by atoms with Crippen LogP contribution in [-0.2, 0) is 23.9 Å². The van der Waals surface area contributed by atoms with Crippen molar-refractivity contribution in [3.63, 3.8) is 0 Å². The standard InChI is InChI=1S/C25H47NO7/c1-9-33-22(30)24(4,5)15-11-13-17-32-16-12-10-14-23(2,3)21(29)25(31,18-20(27)28)19-26(6,7)8/h31H,9-19H2,1-8H3/p+1/t25-/m1/s1. The maximum absolute atomic E-state index is 13.1. The molecule has 0 unspecified atom stereocenters. The molecule has 0 saturated heterocycles. The van der Waals surface area contributed by atoms with Gasteiger partial charge in [0.25, 0.3) is 0 Å². The number of quaternary nitrogens is 1. The zero-order valence-corrected chi connectivity index (χ0v) is 22.2. The molecule has 8 heteroatoms. The van der Waals surface area contributed by atoms with Gasteiger partial charge in [-0.25, -0.2) is 0 Å². The van der Waals surface area contributed by atoms with Crippen LogP contribution in [0.5, 0.6) is 0 Å². The molecule has 0 aliphatic rings. The molecule has 0 aromatic rings. The quantitative estimate of drug-likeness (QED) is 0.178. The van der Waals surface area contributed by atoms with Crippen molar-refractivity contribution in [2.75, 3.05) is 47.5 Å². The lowest BCUT2D eigenvalue weighted by Gasteiger charge is -2.38. The van der Waals surface area contributed by atoms with Gasteiger partial charge in [-0.3, -0.25) is 14.4 Å². The predicted molar refractivity (Wildman–Crippen MR) is 128 cm³/mol. The Balaban J connectivity index is 4.40. The van der Waals surface area contributed by atoms with Crippen molar-refractivity contribution >= 4 is 17.7 Å². The summed E-state index contributed by atoms with van der Waals surface area (Å²) in [5.74, 6) is -1.77. The monoisotopic (exact) mass is 474 g/mol. The second-order valence-corrected chi connectivity index (χ2v) is 11.4. The number of hydrogen-bond donors (Lipinski definition) is 2. The van der Waals surface area contributed by atoms with Crippen molar-refractivity contribution in [2.45, 2.75) is 85.2 Å². The molecule has 2 N–H and O–H groups in total. The van der Waals surface area contributed by atoms with Crippen LogP contribution in [0.4, 0.5) is 0 Å². The summed E-state index contributed by atoms with van der Waals surface area (Å²) in [6, 6.07) is 0. The number of carbonyl (C=O) groups excluding carboxylic acids is 2. The van der Waals surface area contributed by atoms with Crippen LogP contribution in [0.3, 0.4) is 0 Å². The molecule has 0 rings (SSSR count). The molecule has 1 atom stereocenters. The van der Waals surface area contributed by atoms with E-state index in [1.165, 1.54) is 0 Å². The number of ketones is 1. The van der Waals surface area contributed by atoms with Crippen LogP contribution >= 0.6 is 0 Å². The zero-order chi connectivity index (χ0) is 25.9. The first-order valence-electron chi connectivity index (χ1n) is 12.0. The van der Waals surface area contributed by atoms with Crippen molar-refractivity contribution < 1.29 is 38.6 Å². The third kappa shape index (κ3) is 12.5. The van der Waals surface area contributed by atoms with Crippen LogP contribution in [0.2, 0.25) is 0 Å². The van der Waals surface area contributed by atoms with E-state index >= 15 is 0 Å². The molecule has 0 aromatic heterocycles. The number of esters is 1. The van der Waals surface area contributed by atoms with Gasteiger partial charge in [0.1, 0.15) is 6.54 Å². The molecule has 194 valence electrons. The lowest BCUT2D eigenvalue weighted by molar-refractivity contribution is -0.875. The van der Waals surface area contributed by atoms with Crippen LogP contribution in [-0.4, -0.2) is 85.5 Å². The first-order chi connectivity index (χ1) is 15.0. The molecule has 0 radical (unpaired) electrons. The van der Waals surface area contributed by atoms with Crippen molar-refractivity contribution in [3.8, 4) is 0 Å². The van der Waals surface area contributed by atoms with Crippen molar-refractivity contribution in [1.29, 1.82) is 0 Å². The Morgan fingerprint density at radius 1 is 0.848 bits per heavy atom. The summed E-state index contributed by atoms with van der Waals surface area (Å²) in [5.41, 5.74) is -3.22. The molecule has 33 heavy (non-hydrogen) atoms. The molecule has 0 aromatic carbocycles. The van der Waals surface area contributed by atoms with E-state index in [9.17, 15) is 24.6 Å². The Morgan fingerprint density at radius 2 is 1.33 bits per heavy atom. The minimum atomic E-state index is -1.90. The fourth-order valence-electron chi connectivity index (χ4n) is 4.06. The Hall–Kier alpha value is -1.51. The van der Waals surface area contributed by atoms with Gasteiger partial charge in [0.05, 0.1) is 39.6 Å². The second-order valence-electron chi connectivity index (χ2n) is 11.4. The molecule has 0 saturated carbocycles. The van der Waals surface area contributed by atoms with Gasteiger partial charge in [-0.2, -0.15) is 0 Å². The van der Waals surface area contributed by atoms with E-state index < -0.39 is 34.6 Å². The predicted octanol–water partition coefficient (Wildman–Crippen LogP) is 3.44. The summed E-state index contributed by atoms with van der Waals surface area (Å²) in [5, 5.41) is 20.2. The smallest absolute Gasteiger partial charge is 0.311 e. The summed E-state index contributed by atoms with van der Waals surface area (Å²) in [6.07, 6.45) is 3.95. The molecule has 0 aliphatic carbocycles. The zero-order valence-electron chi connectivity index (χ0n) is 22.2. The number of carboxylic acids is 1. The van der Waals surface area contributed by atoms with E-state index in [4.69, 9.17) is 9.47 Å². The van der Waals surface area contributed by atoms with Crippen LogP contribution in [0.1, 0.15) is 79.6 Å². The number of carboxylic acid groups (broad SMARTS) is 1. The van der Waals surface area contributed by atoms with Gasteiger partial charge in [0.2, 0.25) is 0 Å². The number of hydrogen-bond acceptors (Lipinski definition) is 6. The molecule has 0 amide bonds. The van der Waals surface area contributed by atoms with Gasteiger partial charge in [0, 0.05) is 18.6 Å². The highest BCUT2D eigenvalue weighted by Crippen LogP contribution is 2.32. The van der Waals surface area contributed by atoms with E-state index in [1.807, 2.05) is 35.0 Å². The molecule has 8 nitrogen and oxygen atoms in total. The number of carbonyl (C=O) groups is 3. The van der Waals surface area contributed by atoms with Gasteiger partial charge < -0.3 is 24.2 Å². The number of nitrogens with zero attached hydrogens (tertiary/aromatic N) is 1. The highest BCUT2D eigenvalue weighted by Gasteiger charge is 2.48. The summed E-state index contributed by atoms with van der Waals surface area (Å²) in [4.78, 5) is 36.3. The Bertz CT molecular complexity index is 637. The molecule has 0 aliphatic heterocycles. The topological polar surface area (TPSA) is 110 Å². The van der Waals surface area contributed by atoms with Crippen LogP contribution in [0.15, 0.2) is 0 Å². The van der Waals surface area contributed by atoms with Crippen molar-refractivity contribution in [3.05, 3.63) is 0 Å². The number of ether oxygens (including phenoxy) is 2. The van der Waals surface area contributed by atoms with E-state index in [1.54, 1.807) is 20.8 Å². The number of likely N-dealkylation sites (N-methyl/N-ethyl adjacent to an activating group) is 1. The summed E-state index contributed by atoms with van der Waals surface area (Å²) >= 11 is 0. The Kier molecular flexibility index (Phi) is 12.8. The van der Waals surface area contributed by atoms with Crippen LogP contribution < -0.4 is 0 Å². The van der Waals surface area contributed by atoms with Crippen LogP contribution in [0, 0.1) is 10.8 Å². The highest BCUT2D eigenvalue weighted by molar-refractivity contribution is 5.94. The van der Waals surface area contributed by atoms with Gasteiger partial charge in [-0.15, -0.1) is 0 Å². The fourth-order valence-corrected chi connectivity index (χ4v) is 4.06. The lowest BCUT2D eigenvalue weighted by Crippen LogP contribution is -2.58. The average molecular weight is 475 g/mol. The third-order valence-electron chi connectivity index (χ3n) is 5.73. The molecule has 0 spiro atoms. The first kappa shape index (κ1) is 31.5.